The molecule has 0 aromatic heterocycles. The largest absolute Gasteiger partial charge is 0.376 e. The summed E-state index contributed by atoms with van der Waals surface area (Å²) in [4.78, 5) is 10.5. The van der Waals surface area contributed by atoms with Crippen LogP contribution in [0.25, 0.3) is 0 Å². The van der Waals surface area contributed by atoms with E-state index in [1.807, 2.05) is 0 Å². The van der Waals surface area contributed by atoms with Crippen LogP contribution in [0.2, 0.25) is 5.02 Å². The summed E-state index contributed by atoms with van der Waals surface area (Å²) in [6, 6.07) is 4.66. The van der Waals surface area contributed by atoms with Gasteiger partial charge in [-0.1, -0.05) is 11.6 Å². The molecule has 0 bridgehead atoms. The van der Waals surface area contributed by atoms with Gasteiger partial charge in [0.05, 0.1) is 30.8 Å². The number of hydrogen-bond acceptors (Lipinski definition) is 5. The average Bonchev–Trinajstić information content (AvgIpc) is 2.41. The first-order valence-electron chi connectivity index (χ1n) is 5.99. The highest BCUT2D eigenvalue weighted by Gasteiger charge is 2.16. The van der Waals surface area contributed by atoms with E-state index in [9.17, 15) is 10.1 Å². The van der Waals surface area contributed by atoms with Crippen molar-refractivity contribution >= 4 is 17.3 Å². The smallest absolute Gasteiger partial charge is 0.275 e. The zero-order valence-corrected chi connectivity index (χ0v) is 11.1. The molecule has 0 saturated carbocycles. The van der Waals surface area contributed by atoms with E-state index >= 15 is 0 Å². The van der Waals surface area contributed by atoms with E-state index in [-0.39, 0.29) is 11.8 Å². The summed E-state index contributed by atoms with van der Waals surface area (Å²) in [5, 5.41) is 14.4. The number of nitro groups is 1. The molecule has 7 heteroatoms. The Kier molecular flexibility index (Phi) is 5.09. The lowest BCUT2D eigenvalue weighted by Crippen LogP contribution is -2.37. The van der Waals surface area contributed by atoms with Crippen LogP contribution < -0.4 is 5.32 Å². The van der Waals surface area contributed by atoms with Crippen molar-refractivity contribution in [3.05, 3.63) is 38.9 Å². The molecule has 1 N–H and O–H groups in total. The molecule has 1 atom stereocenters. The molecule has 19 heavy (non-hydrogen) atoms. The minimum absolute atomic E-state index is 0.0000985. The van der Waals surface area contributed by atoms with Crippen molar-refractivity contribution in [1.29, 1.82) is 0 Å². The van der Waals surface area contributed by atoms with Gasteiger partial charge < -0.3 is 14.8 Å². The standard InChI is InChI=1S/C12H15ClN2O4/c13-10-2-1-9(12(5-10)15(16)17)6-14-7-11-8-18-3-4-19-11/h1-2,5,11,14H,3-4,6-8H2. The fourth-order valence-electron chi connectivity index (χ4n) is 1.88. The van der Waals surface area contributed by atoms with Crippen molar-refractivity contribution < 1.29 is 14.4 Å². The van der Waals surface area contributed by atoms with Gasteiger partial charge in [-0.15, -0.1) is 0 Å². The van der Waals surface area contributed by atoms with Gasteiger partial charge in [0, 0.05) is 29.7 Å². The fraction of sp³-hybridized carbons (Fsp3) is 0.500. The molecule has 1 aliphatic rings. The minimum atomic E-state index is -0.427. The number of rotatable bonds is 5. The van der Waals surface area contributed by atoms with Crippen LogP contribution >= 0.6 is 11.6 Å². The Morgan fingerprint density at radius 3 is 3.00 bits per heavy atom. The SMILES string of the molecule is O=[N+]([O-])c1cc(Cl)ccc1CNCC1COCCO1. The number of benzene rings is 1. The Balaban J connectivity index is 1.89. The fourth-order valence-corrected chi connectivity index (χ4v) is 2.05. The third-order valence-corrected chi connectivity index (χ3v) is 3.05. The Hall–Kier alpha value is -1.21. The Labute approximate surface area is 115 Å². The van der Waals surface area contributed by atoms with Gasteiger partial charge >= 0.3 is 0 Å². The van der Waals surface area contributed by atoms with Gasteiger partial charge in [0.1, 0.15) is 0 Å². The lowest BCUT2D eigenvalue weighted by Gasteiger charge is -2.23. The van der Waals surface area contributed by atoms with Crippen molar-refractivity contribution in [2.75, 3.05) is 26.4 Å². The van der Waals surface area contributed by atoms with E-state index in [2.05, 4.69) is 5.32 Å². The topological polar surface area (TPSA) is 73.6 Å². The number of nitro benzene ring substituents is 1. The number of nitrogens with zero attached hydrogens (tertiary/aromatic N) is 1. The molecule has 1 fully saturated rings. The molecule has 1 saturated heterocycles. The van der Waals surface area contributed by atoms with Crippen molar-refractivity contribution in [2.45, 2.75) is 12.6 Å². The predicted molar refractivity (Wildman–Crippen MR) is 70.4 cm³/mol. The molecule has 1 aromatic rings. The third kappa shape index (κ3) is 4.14. The molecule has 2 rings (SSSR count). The second-order valence-electron chi connectivity index (χ2n) is 4.23. The highest BCUT2D eigenvalue weighted by Crippen LogP contribution is 2.22. The maximum Gasteiger partial charge on any atom is 0.275 e. The summed E-state index contributed by atoms with van der Waals surface area (Å²) in [5.74, 6) is 0. The van der Waals surface area contributed by atoms with Crippen molar-refractivity contribution in [3.8, 4) is 0 Å². The van der Waals surface area contributed by atoms with Gasteiger partial charge in [0.15, 0.2) is 0 Å². The molecule has 0 amide bonds. The molecular weight excluding hydrogens is 272 g/mol. The lowest BCUT2D eigenvalue weighted by molar-refractivity contribution is -0.385. The van der Waals surface area contributed by atoms with E-state index < -0.39 is 4.92 Å². The molecule has 6 nitrogen and oxygen atoms in total. The quantitative estimate of drug-likeness (QED) is 0.659. The molecule has 1 heterocycles. The first kappa shape index (κ1) is 14.2. The molecule has 1 unspecified atom stereocenters. The molecule has 1 aromatic carbocycles. The van der Waals surface area contributed by atoms with Crippen LogP contribution in [0.15, 0.2) is 18.2 Å². The van der Waals surface area contributed by atoms with Crippen molar-refractivity contribution in [2.24, 2.45) is 0 Å². The van der Waals surface area contributed by atoms with E-state index in [1.54, 1.807) is 12.1 Å². The first-order chi connectivity index (χ1) is 9.16. The van der Waals surface area contributed by atoms with Gasteiger partial charge in [0.2, 0.25) is 0 Å². The maximum absolute atomic E-state index is 10.9. The molecule has 104 valence electrons. The maximum atomic E-state index is 10.9. The number of hydrogen-bond donors (Lipinski definition) is 1. The lowest BCUT2D eigenvalue weighted by atomic mass is 10.2. The van der Waals surface area contributed by atoms with Crippen LogP contribution in [-0.4, -0.2) is 37.4 Å². The van der Waals surface area contributed by atoms with Gasteiger partial charge in [-0.05, 0) is 12.1 Å². The van der Waals surface area contributed by atoms with Gasteiger partial charge in [-0.25, -0.2) is 0 Å². The number of halogens is 1. The summed E-state index contributed by atoms with van der Waals surface area (Å²) in [7, 11) is 0. The average molecular weight is 287 g/mol. The Bertz CT molecular complexity index is 449. The van der Waals surface area contributed by atoms with Crippen molar-refractivity contribution in [3.63, 3.8) is 0 Å². The van der Waals surface area contributed by atoms with Gasteiger partial charge in [-0.2, -0.15) is 0 Å². The number of ether oxygens (including phenoxy) is 2. The monoisotopic (exact) mass is 286 g/mol. The van der Waals surface area contributed by atoms with Crippen LogP contribution in [0.4, 0.5) is 5.69 Å². The van der Waals surface area contributed by atoms with Crippen LogP contribution in [-0.2, 0) is 16.0 Å². The van der Waals surface area contributed by atoms with Crippen LogP contribution in [0.3, 0.4) is 0 Å². The Morgan fingerprint density at radius 2 is 2.32 bits per heavy atom. The first-order valence-corrected chi connectivity index (χ1v) is 6.37. The zero-order chi connectivity index (χ0) is 13.7. The molecular formula is C12H15ClN2O4. The summed E-state index contributed by atoms with van der Waals surface area (Å²) in [5.41, 5.74) is 0.631. The Morgan fingerprint density at radius 1 is 1.47 bits per heavy atom. The normalized spacial score (nSPS) is 19.3. The summed E-state index contributed by atoms with van der Waals surface area (Å²) >= 11 is 5.76. The molecule has 1 aliphatic heterocycles. The van der Waals surface area contributed by atoms with E-state index in [0.717, 1.165) is 0 Å². The molecule has 0 spiro atoms. The summed E-state index contributed by atoms with van der Waals surface area (Å²) in [6.45, 7) is 2.76. The zero-order valence-electron chi connectivity index (χ0n) is 10.3. The second-order valence-corrected chi connectivity index (χ2v) is 4.67. The van der Waals surface area contributed by atoms with Crippen LogP contribution in [0.1, 0.15) is 5.56 Å². The molecule has 0 aliphatic carbocycles. The minimum Gasteiger partial charge on any atom is -0.376 e. The van der Waals surface area contributed by atoms with Gasteiger partial charge in [-0.3, -0.25) is 10.1 Å². The predicted octanol–water partition coefficient (Wildman–Crippen LogP) is 1.75. The summed E-state index contributed by atoms with van der Waals surface area (Å²) in [6.07, 6.45) is 0.0000985. The van der Waals surface area contributed by atoms with E-state index in [4.69, 9.17) is 21.1 Å². The van der Waals surface area contributed by atoms with Crippen LogP contribution in [0, 0.1) is 10.1 Å². The van der Waals surface area contributed by atoms with E-state index in [0.29, 0.717) is 43.5 Å². The highest BCUT2D eigenvalue weighted by molar-refractivity contribution is 6.30. The molecule has 0 radical (unpaired) electrons. The second kappa shape index (κ2) is 6.81. The van der Waals surface area contributed by atoms with E-state index in [1.165, 1.54) is 6.07 Å². The van der Waals surface area contributed by atoms with Crippen LogP contribution in [0.5, 0.6) is 0 Å². The summed E-state index contributed by atoms with van der Waals surface area (Å²) < 4.78 is 10.7. The van der Waals surface area contributed by atoms with Crippen molar-refractivity contribution in [1.82, 2.24) is 5.32 Å². The van der Waals surface area contributed by atoms with Gasteiger partial charge in [0.25, 0.3) is 5.69 Å². The third-order valence-electron chi connectivity index (χ3n) is 2.82. The highest BCUT2D eigenvalue weighted by atomic mass is 35.5. The number of nitrogens with one attached hydrogen (secondary N) is 1.